The highest BCUT2D eigenvalue weighted by atomic mass is 16.5. The normalized spacial score (nSPS) is 15.2. The van der Waals surface area contributed by atoms with Crippen LogP contribution in [-0.4, -0.2) is 59.5 Å². The summed E-state index contributed by atoms with van der Waals surface area (Å²) in [5.74, 6) is -0.514. The summed E-state index contributed by atoms with van der Waals surface area (Å²) in [5.41, 5.74) is 0.201. The van der Waals surface area contributed by atoms with Gasteiger partial charge in [0.15, 0.2) is 0 Å². The molecule has 2 rings (SSSR count). The third-order valence-electron chi connectivity index (χ3n) is 2.56. The second-order valence-corrected chi connectivity index (χ2v) is 3.77. The monoisotopic (exact) mass is 250 g/mol. The summed E-state index contributed by atoms with van der Waals surface area (Å²) in [7, 11) is 0. The molecule has 0 aliphatic carbocycles. The highest BCUT2D eigenvalue weighted by Gasteiger charge is 2.17. The fourth-order valence-electron chi connectivity index (χ4n) is 1.59. The summed E-state index contributed by atoms with van der Waals surface area (Å²) in [6, 6.07) is 0. The van der Waals surface area contributed by atoms with Gasteiger partial charge in [-0.25, -0.2) is 4.98 Å². The van der Waals surface area contributed by atoms with E-state index in [1.54, 1.807) is 4.90 Å². The van der Waals surface area contributed by atoms with Crippen molar-refractivity contribution >= 4 is 11.8 Å². The molecule has 1 aromatic rings. The number of nitrogens with zero attached hydrogens (tertiary/aromatic N) is 3. The Bertz CT molecular complexity index is 418. The van der Waals surface area contributed by atoms with Crippen molar-refractivity contribution in [2.24, 2.45) is 0 Å². The fourth-order valence-corrected chi connectivity index (χ4v) is 1.59. The van der Waals surface area contributed by atoms with Crippen LogP contribution in [0.15, 0.2) is 18.6 Å². The molecule has 0 bridgehead atoms. The van der Waals surface area contributed by atoms with Crippen LogP contribution in [0.4, 0.5) is 0 Å². The average molecular weight is 250 g/mol. The largest absolute Gasteiger partial charge is 0.378 e. The number of nitrogens with one attached hydrogen (secondary N) is 1. The van der Waals surface area contributed by atoms with Crippen LogP contribution < -0.4 is 5.32 Å². The van der Waals surface area contributed by atoms with E-state index in [4.69, 9.17) is 4.74 Å². The van der Waals surface area contributed by atoms with Gasteiger partial charge in [-0.05, 0) is 0 Å². The van der Waals surface area contributed by atoms with Gasteiger partial charge in [0, 0.05) is 25.5 Å². The van der Waals surface area contributed by atoms with E-state index in [0.29, 0.717) is 26.3 Å². The highest BCUT2D eigenvalue weighted by Crippen LogP contribution is 1.97. The van der Waals surface area contributed by atoms with Crippen molar-refractivity contribution in [2.75, 3.05) is 32.8 Å². The minimum Gasteiger partial charge on any atom is -0.378 e. The Kier molecular flexibility index (Phi) is 4.19. The van der Waals surface area contributed by atoms with Crippen LogP contribution in [0.3, 0.4) is 0 Å². The molecule has 1 saturated heterocycles. The molecule has 1 aliphatic heterocycles. The SMILES string of the molecule is O=C(NCC(=O)N1CCOCC1)c1cnccn1. The van der Waals surface area contributed by atoms with E-state index in [2.05, 4.69) is 15.3 Å². The summed E-state index contributed by atoms with van der Waals surface area (Å²) in [4.78, 5) is 32.7. The number of ether oxygens (including phenoxy) is 1. The standard InChI is InChI=1S/C11H14N4O3/c16-10(15-3-5-18-6-4-15)8-14-11(17)9-7-12-1-2-13-9/h1-2,7H,3-6,8H2,(H,14,17). The van der Waals surface area contributed by atoms with Crippen molar-refractivity contribution in [3.8, 4) is 0 Å². The Morgan fingerprint density at radius 1 is 1.33 bits per heavy atom. The predicted octanol–water partition coefficient (Wildman–Crippen LogP) is -0.935. The molecular formula is C11H14N4O3. The molecule has 2 heterocycles. The van der Waals surface area contributed by atoms with Gasteiger partial charge in [-0.3, -0.25) is 14.6 Å². The first-order valence-electron chi connectivity index (χ1n) is 5.67. The van der Waals surface area contributed by atoms with Gasteiger partial charge < -0.3 is 15.0 Å². The van der Waals surface area contributed by atoms with Gasteiger partial charge >= 0.3 is 0 Å². The number of amides is 2. The second-order valence-electron chi connectivity index (χ2n) is 3.77. The van der Waals surface area contributed by atoms with Gasteiger partial charge in [0.05, 0.1) is 26.0 Å². The molecule has 1 aliphatic rings. The summed E-state index contributed by atoms with van der Waals surface area (Å²) in [6.07, 6.45) is 4.27. The van der Waals surface area contributed by atoms with E-state index in [0.717, 1.165) is 0 Å². The zero-order chi connectivity index (χ0) is 12.8. The molecule has 0 radical (unpaired) electrons. The number of aromatic nitrogens is 2. The lowest BCUT2D eigenvalue weighted by atomic mass is 10.3. The Morgan fingerprint density at radius 2 is 2.11 bits per heavy atom. The van der Waals surface area contributed by atoms with E-state index in [-0.39, 0.29) is 18.1 Å². The first-order valence-corrected chi connectivity index (χ1v) is 5.67. The third kappa shape index (κ3) is 3.24. The molecule has 7 nitrogen and oxygen atoms in total. The van der Waals surface area contributed by atoms with Gasteiger partial charge in [0.25, 0.3) is 5.91 Å². The molecule has 0 saturated carbocycles. The minimum atomic E-state index is -0.398. The van der Waals surface area contributed by atoms with Crippen LogP contribution in [0, 0.1) is 0 Å². The summed E-state index contributed by atoms with van der Waals surface area (Å²) < 4.78 is 5.15. The third-order valence-corrected chi connectivity index (χ3v) is 2.56. The lowest BCUT2D eigenvalue weighted by Gasteiger charge is -2.26. The number of carbonyl (C=O) groups excluding carboxylic acids is 2. The van der Waals surface area contributed by atoms with Crippen LogP contribution in [0.1, 0.15) is 10.5 Å². The smallest absolute Gasteiger partial charge is 0.271 e. The molecule has 18 heavy (non-hydrogen) atoms. The topological polar surface area (TPSA) is 84.4 Å². The van der Waals surface area contributed by atoms with E-state index in [9.17, 15) is 9.59 Å². The minimum absolute atomic E-state index is 0.0323. The van der Waals surface area contributed by atoms with Crippen molar-refractivity contribution in [1.29, 1.82) is 0 Å². The van der Waals surface area contributed by atoms with Gasteiger partial charge in [-0.1, -0.05) is 0 Å². The maximum absolute atomic E-state index is 11.8. The Labute approximate surface area is 104 Å². The predicted molar refractivity (Wildman–Crippen MR) is 61.8 cm³/mol. The molecule has 0 unspecified atom stereocenters. The molecule has 0 spiro atoms. The molecule has 1 fully saturated rings. The van der Waals surface area contributed by atoms with Crippen LogP contribution in [0.2, 0.25) is 0 Å². The molecule has 0 aromatic carbocycles. The molecule has 2 amide bonds. The zero-order valence-corrected chi connectivity index (χ0v) is 9.83. The second kappa shape index (κ2) is 6.06. The number of carbonyl (C=O) groups is 2. The number of hydrogen-bond donors (Lipinski definition) is 1. The Morgan fingerprint density at radius 3 is 2.78 bits per heavy atom. The number of morpholine rings is 1. The van der Waals surface area contributed by atoms with Crippen LogP contribution in [0.25, 0.3) is 0 Å². The van der Waals surface area contributed by atoms with Gasteiger partial charge in [-0.15, -0.1) is 0 Å². The van der Waals surface area contributed by atoms with Gasteiger partial charge in [-0.2, -0.15) is 0 Å². The quantitative estimate of drug-likeness (QED) is 0.749. The van der Waals surface area contributed by atoms with Crippen molar-refractivity contribution in [3.05, 3.63) is 24.3 Å². The summed E-state index contributed by atoms with van der Waals surface area (Å²) in [5, 5.41) is 2.52. The van der Waals surface area contributed by atoms with E-state index >= 15 is 0 Å². The van der Waals surface area contributed by atoms with E-state index in [1.165, 1.54) is 18.6 Å². The lowest BCUT2D eigenvalue weighted by molar-refractivity contribution is -0.134. The maximum Gasteiger partial charge on any atom is 0.271 e. The number of hydrogen-bond acceptors (Lipinski definition) is 5. The van der Waals surface area contributed by atoms with Crippen molar-refractivity contribution in [3.63, 3.8) is 0 Å². The zero-order valence-electron chi connectivity index (χ0n) is 9.83. The Balaban J connectivity index is 1.80. The van der Waals surface area contributed by atoms with Crippen molar-refractivity contribution in [1.82, 2.24) is 20.2 Å². The van der Waals surface area contributed by atoms with Crippen LogP contribution in [0.5, 0.6) is 0 Å². The maximum atomic E-state index is 11.8. The molecule has 1 aromatic heterocycles. The van der Waals surface area contributed by atoms with E-state index < -0.39 is 5.91 Å². The molecular weight excluding hydrogens is 236 g/mol. The summed E-state index contributed by atoms with van der Waals surface area (Å²) >= 11 is 0. The number of rotatable bonds is 3. The van der Waals surface area contributed by atoms with Crippen molar-refractivity contribution in [2.45, 2.75) is 0 Å². The molecule has 7 heteroatoms. The average Bonchev–Trinajstić information content (AvgIpc) is 2.46. The molecule has 96 valence electrons. The van der Waals surface area contributed by atoms with Crippen molar-refractivity contribution < 1.29 is 14.3 Å². The van der Waals surface area contributed by atoms with Gasteiger partial charge in [0.1, 0.15) is 5.69 Å². The van der Waals surface area contributed by atoms with Gasteiger partial charge in [0.2, 0.25) is 5.91 Å². The molecule has 1 N–H and O–H groups in total. The Hall–Kier alpha value is -2.02. The first kappa shape index (κ1) is 12.4. The fraction of sp³-hybridized carbons (Fsp3) is 0.455. The summed E-state index contributed by atoms with van der Waals surface area (Å²) in [6.45, 7) is 2.20. The van der Waals surface area contributed by atoms with Crippen LogP contribution in [-0.2, 0) is 9.53 Å². The highest BCUT2D eigenvalue weighted by molar-refractivity contribution is 5.94. The lowest BCUT2D eigenvalue weighted by Crippen LogP contribution is -2.45. The first-order chi connectivity index (χ1) is 8.77. The van der Waals surface area contributed by atoms with E-state index in [1.807, 2.05) is 0 Å². The van der Waals surface area contributed by atoms with Crippen LogP contribution >= 0.6 is 0 Å². The molecule has 0 atom stereocenters.